The van der Waals surface area contributed by atoms with Gasteiger partial charge in [0.05, 0.1) is 17.6 Å². The summed E-state index contributed by atoms with van der Waals surface area (Å²) in [5.74, 6) is -1.67. The van der Waals surface area contributed by atoms with E-state index in [4.69, 9.17) is 14.2 Å². The molecule has 11 heteroatoms. The summed E-state index contributed by atoms with van der Waals surface area (Å²) in [7, 11) is 0. The van der Waals surface area contributed by atoms with E-state index in [-0.39, 0.29) is 24.2 Å². The highest BCUT2D eigenvalue weighted by molar-refractivity contribution is 5.82. The lowest BCUT2D eigenvalue weighted by Gasteiger charge is -2.26. The molecule has 0 aliphatic carbocycles. The van der Waals surface area contributed by atoms with Crippen molar-refractivity contribution in [2.45, 2.75) is 18.8 Å². The number of alkyl halides is 3. The Hall–Kier alpha value is -3.76. The minimum Gasteiger partial charge on any atom is -0.486 e. The zero-order chi connectivity index (χ0) is 22.7. The van der Waals surface area contributed by atoms with Gasteiger partial charge in [-0.15, -0.1) is 0 Å². The van der Waals surface area contributed by atoms with E-state index < -0.39 is 43.1 Å². The van der Waals surface area contributed by atoms with Crippen LogP contribution in [0.1, 0.15) is 5.82 Å². The van der Waals surface area contributed by atoms with Crippen LogP contribution >= 0.6 is 0 Å². The molecular formula is C21H18F3N3O5. The first-order chi connectivity index (χ1) is 15.3. The number of aromatic nitrogens is 2. The molecule has 168 valence electrons. The molecule has 3 aromatic rings. The Kier molecular flexibility index (Phi) is 5.89. The van der Waals surface area contributed by atoms with Gasteiger partial charge in [0.25, 0.3) is 5.91 Å². The summed E-state index contributed by atoms with van der Waals surface area (Å²) in [5, 5.41) is 2.54. The smallest absolute Gasteiger partial charge is 0.449 e. The molecule has 0 fully saturated rings. The number of rotatable bonds is 6. The number of hydrogen-bond acceptors (Lipinski definition) is 6. The maximum Gasteiger partial charge on any atom is 0.449 e. The Morgan fingerprint density at radius 1 is 1.12 bits per heavy atom. The van der Waals surface area contributed by atoms with Crippen molar-refractivity contribution >= 4 is 22.9 Å². The molecule has 1 aliphatic heterocycles. The number of nitrogens with one attached hydrogen (secondary N) is 1. The van der Waals surface area contributed by atoms with E-state index >= 15 is 0 Å². The lowest BCUT2D eigenvalue weighted by molar-refractivity contribution is -0.153. The van der Waals surface area contributed by atoms with Gasteiger partial charge in [0.2, 0.25) is 5.82 Å². The van der Waals surface area contributed by atoms with Gasteiger partial charge >= 0.3 is 12.1 Å². The number of fused-ring (bicyclic) bond motifs is 2. The molecule has 32 heavy (non-hydrogen) atoms. The molecule has 0 spiro atoms. The highest BCUT2D eigenvalue weighted by Crippen LogP contribution is 2.32. The van der Waals surface area contributed by atoms with E-state index in [1.54, 1.807) is 24.3 Å². The van der Waals surface area contributed by atoms with E-state index in [1.807, 2.05) is 6.07 Å². The highest BCUT2D eigenvalue weighted by atomic mass is 19.4. The molecule has 1 N–H and O–H groups in total. The molecule has 8 nitrogen and oxygen atoms in total. The van der Waals surface area contributed by atoms with Gasteiger partial charge in [0.1, 0.15) is 19.3 Å². The minimum atomic E-state index is -4.75. The van der Waals surface area contributed by atoms with Crippen LogP contribution in [-0.2, 0) is 27.0 Å². The van der Waals surface area contributed by atoms with Crippen molar-refractivity contribution in [2.24, 2.45) is 0 Å². The Balaban J connectivity index is 1.30. The van der Waals surface area contributed by atoms with Gasteiger partial charge in [-0.1, -0.05) is 24.3 Å². The van der Waals surface area contributed by atoms with Crippen LogP contribution in [0.4, 0.5) is 13.2 Å². The number of para-hydroxylation sites is 4. The van der Waals surface area contributed by atoms with Crippen molar-refractivity contribution in [3.63, 3.8) is 0 Å². The quantitative estimate of drug-likeness (QED) is 0.582. The van der Waals surface area contributed by atoms with Crippen LogP contribution in [0.25, 0.3) is 11.0 Å². The molecule has 2 heterocycles. The lowest BCUT2D eigenvalue weighted by Crippen LogP contribution is -2.42. The van der Waals surface area contributed by atoms with Crippen molar-refractivity contribution in [2.75, 3.05) is 19.8 Å². The van der Waals surface area contributed by atoms with Crippen LogP contribution in [0, 0.1) is 0 Å². The number of imidazole rings is 1. The topological polar surface area (TPSA) is 91.7 Å². The van der Waals surface area contributed by atoms with E-state index in [0.717, 1.165) is 4.57 Å². The van der Waals surface area contributed by atoms with Crippen molar-refractivity contribution in [1.29, 1.82) is 0 Å². The number of esters is 1. The van der Waals surface area contributed by atoms with Gasteiger partial charge in [0.15, 0.2) is 18.1 Å². The molecule has 1 atom stereocenters. The number of ether oxygens (including phenoxy) is 3. The molecule has 1 amide bonds. The Morgan fingerprint density at radius 2 is 1.84 bits per heavy atom. The highest BCUT2D eigenvalue weighted by Gasteiger charge is 2.38. The monoisotopic (exact) mass is 449 g/mol. The fraction of sp³-hybridized carbons (Fsp3) is 0.286. The molecular weight excluding hydrogens is 431 g/mol. The summed E-state index contributed by atoms with van der Waals surface area (Å²) in [6.07, 6.45) is -5.19. The number of carbonyl (C=O) groups is 2. The second-order valence-electron chi connectivity index (χ2n) is 6.97. The first kappa shape index (κ1) is 21.5. The average Bonchev–Trinajstić information content (AvgIpc) is 3.15. The SMILES string of the molecule is O=C(COC(=O)Cn1c(C(F)(F)F)nc2ccccc21)NCC1COc2ccccc2O1. The third kappa shape index (κ3) is 4.76. The molecule has 1 unspecified atom stereocenters. The summed E-state index contributed by atoms with van der Waals surface area (Å²) in [6, 6.07) is 13.0. The van der Waals surface area contributed by atoms with Gasteiger partial charge in [-0.3, -0.25) is 9.59 Å². The van der Waals surface area contributed by atoms with E-state index in [2.05, 4.69) is 10.3 Å². The first-order valence-corrected chi connectivity index (χ1v) is 9.64. The second kappa shape index (κ2) is 8.77. The van der Waals surface area contributed by atoms with Gasteiger partial charge in [-0.2, -0.15) is 13.2 Å². The molecule has 1 aromatic heterocycles. The zero-order valence-corrected chi connectivity index (χ0v) is 16.6. The third-order valence-electron chi connectivity index (χ3n) is 4.65. The Morgan fingerprint density at radius 3 is 2.62 bits per heavy atom. The maximum atomic E-state index is 13.3. The van der Waals surface area contributed by atoms with Crippen LogP contribution in [0.3, 0.4) is 0 Å². The fourth-order valence-electron chi connectivity index (χ4n) is 3.22. The molecule has 2 aromatic carbocycles. The molecule has 0 radical (unpaired) electrons. The van der Waals surface area contributed by atoms with Crippen LogP contribution in [-0.4, -0.2) is 47.3 Å². The fourth-order valence-corrected chi connectivity index (χ4v) is 3.22. The number of nitrogens with zero attached hydrogens (tertiary/aromatic N) is 2. The maximum absolute atomic E-state index is 13.3. The average molecular weight is 449 g/mol. The van der Waals surface area contributed by atoms with E-state index in [0.29, 0.717) is 11.5 Å². The van der Waals surface area contributed by atoms with Crippen molar-refractivity contribution in [3.05, 3.63) is 54.4 Å². The van der Waals surface area contributed by atoms with E-state index in [1.165, 1.54) is 18.2 Å². The van der Waals surface area contributed by atoms with E-state index in [9.17, 15) is 22.8 Å². The molecule has 0 bridgehead atoms. The number of hydrogen-bond donors (Lipinski definition) is 1. The second-order valence-corrected chi connectivity index (χ2v) is 6.97. The number of amides is 1. The van der Waals surface area contributed by atoms with Crippen LogP contribution in [0.15, 0.2) is 48.5 Å². The number of benzene rings is 2. The van der Waals surface area contributed by atoms with Crippen LogP contribution in [0.5, 0.6) is 11.5 Å². The number of carbonyl (C=O) groups excluding carboxylic acids is 2. The summed E-state index contributed by atoms with van der Waals surface area (Å²) in [6.45, 7) is -1.05. The van der Waals surface area contributed by atoms with Crippen molar-refractivity contribution in [3.8, 4) is 11.5 Å². The van der Waals surface area contributed by atoms with Gasteiger partial charge in [-0.05, 0) is 24.3 Å². The lowest BCUT2D eigenvalue weighted by atomic mass is 10.2. The molecule has 0 saturated carbocycles. The third-order valence-corrected chi connectivity index (χ3v) is 4.65. The van der Waals surface area contributed by atoms with Crippen molar-refractivity contribution in [1.82, 2.24) is 14.9 Å². The minimum absolute atomic E-state index is 0.0987. The normalized spacial score (nSPS) is 15.4. The summed E-state index contributed by atoms with van der Waals surface area (Å²) < 4.78 is 56.7. The van der Waals surface area contributed by atoms with Gasteiger partial charge in [0, 0.05) is 0 Å². The standard InChI is InChI=1S/C21H18F3N3O5/c22-21(23,24)20-26-14-5-1-2-6-15(14)27(20)10-19(29)31-12-18(28)25-9-13-11-30-16-7-3-4-8-17(16)32-13/h1-8,13H,9-12H2,(H,25,28). The Bertz CT molecular complexity index is 1150. The van der Waals surface area contributed by atoms with Gasteiger partial charge < -0.3 is 24.1 Å². The Labute approximate surface area is 179 Å². The first-order valence-electron chi connectivity index (χ1n) is 9.64. The summed E-state index contributed by atoms with van der Waals surface area (Å²) in [4.78, 5) is 27.7. The number of halogens is 3. The van der Waals surface area contributed by atoms with Crippen LogP contribution in [0.2, 0.25) is 0 Å². The van der Waals surface area contributed by atoms with Gasteiger partial charge in [-0.25, -0.2) is 4.98 Å². The molecule has 1 aliphatic rings. The largest absolute Gasteiger partial charge is 0.486 e. The predicted octanol–water partition coefficient (Wildman–Crippen LogP) is 2.55. The van der Waals surface area contributed by atoms with Crippen LogP contribution < -0.4 is 14.8 Å². The molecule has 4 rings (SSSR count). The molecule has 0 saturated heterocycles. The summed E-state index contributed by atoms with van der Waals surface area (Å²) >= 11 is 0. The van der Waals surface area contributed by atoms with Crippen molar-refractivity contribution < 1.29 is 37.0 Å². The predicted molar refractivity (Wildman–Crippen MR) is 105 cm³/mol. The summed E-state index contributed by atoms with van der Waals surface area (Å²) in [5.41, 5.74) is 0.234. The zero-order valence-electron chi connectivity index (χ0n) is 16.6.